The standard InChI is InChI=1S/C10H12N2.2ClH/c1-2-8-9(11-4-1)6-7-3-5-12-10(7)8;;/h1-2,4,7,10,12H,3,5-6H2;2*1H/t7-,10-;;/m1../s1. The molecule has 2 nitrogen and oxygen atoms in total. The van der Waals surface area contributed by atoms with Crippen LogP contribution in [0.4, 0.5) is 0 Å². The lowest BCUT2D eigenvalue weighted by Crippen LogP contribution is -2.13. The van der Waals surface area contributed by atoms with Crippen LogP contribution in [0.3, 0.4) is 0 Å². The average Bonchev–Trinajstić information content (AvgIpc) is 2.62. The monoisotopic (exact) mass is 232 g/mol. The van der Waals surface area contributed by atoms with E-state index in [1.807, 2.05) is 12.3 Å². The minimum absolute atomic E-state index is 0. The molecule has 1 saturated heterocycles. The van der Waals surface area contributed by atoms with Gasteiger partial charge in [-0.05, 0) is 36.9 Å². The number of aromatic nitrogens is 1. The molecule has 0 unspecified atom stereocenters. The van der Waals surface area contributed by atoms with Crippen LogP contribution in [0.1, 0.15) is 23.7 Å². The molecule has 0 aromatic carbocycles. The van der Waals surface area contributed by atoms with Gasteiger partial charge in [-0.3, -0.25) is 4.98 Å². The molecule has 0 radical (unpaired) electrons. The highest BCUT2D eigenvalue weighted by atomic mass is 35.5. The SMILES string of the molecule is Cl.Cl.c1cnc2c(c1)[C@@H]1NCC[C@@H]1C2. The van der Waals surface area contributed by atoms with Gasteiger partial charge in [0.1, 0.15) is 0 Å². The third-order valence-corrected chi connectivity index (χ3v) is 3.07. The molecule has 1 aromatic rings. The molecule has 1 N–H and O–H groups in total. The van der Waals surface area contributed by atoms with Gasteiger partial charge in [0.15, 0.2) is 0 Å². The zero-order valence-electron chi connectivity index (χ0n) is 7.77. The molecule has 0 spiro atoms. The van der Waals surface area contributed by atoms with Gasteiger partial charge < -0.3 is 5.32 Å². The van der Waals surface area contributed by atoms with Gasteiger partial charge in [0.05, 0.1) is 0 Å². The van der Waals surface area contributed by atoms with Crippen molar-refractivity contribution in [2.75, 3.05) is 6.54 Å². The van der Waals surface area contributed by atoms with E-state index in [1.165, 1.54) is 30.6 Å². The molecule has 1 aromatic heterocycles. The Kier molecular flexibility index (Phi) is 3.76. The first-order valence-electron chi connectivity index (χ1n) is 4.62. The van der Waals surface area contributed by atoms with E-state index in [9.17, 15) is 0 Å². The molecule has 1 aliphatic carbocycles. The van der Waals surface area contributed by atoms with Gasteiger partial charge >= 0.3 is 0 Å². The van der Waals surface area contributed by atoms with E-state index in [4.69, 9.17) is 0 Å². The lowest BCUT2D eigenvalue weighted by Gasteiger charge is -2.08. The number of halogens is 2. The van der Waals surface area contributed by atoms with Crippen LogP contribution in [0.25, 0.3) is 0 Å². The van der Waals surface area contributed by atoms with E-state index in [0.717, 1.165) is 5.92 Å². The third kappa shape index (κ3) is 1.62. The first kappa shape index (κ1) is 11.8. The Morgan fingerprint density at radius 1 is 1.36 bits per heavy atom. The summed E-state index contributed by atoms with van der Waals surface area (Å²) >= 11 is 0. The highest BCUT2D eigenvalue weighted by molar-refractivity contribution is 5.85. The first-order valence-corrected chi connectivity index (χ1v) is 4.62. The van der Waals surface area contributed by atoms with E-state index in [2.05, 4.69) is 16.4 Å². The molecule has 2 aliphatic rings. The Balaban J connectivity index is 0.000000490. The summed E-state index contributed by atoms with van der Waals surface area (Å²) in [4.78, 5) is 4.40. The van der Waals surface area contributed by atoms with Crippen molar-refractivity contribution in [2.45, 2.75) is 18.9 Å². The smallest absolute Gasteiger partial charge is 0.0454 e. The van der Waals surface area contributed by atoms with Crippen LogP contribution in [-0.4, -0.2) is 11.5 Å². The Labute approximate surface area is 96.3 Å². The predicted octanol–water partition coefficient (Wildman–Crippen LogP) is 2.13. The maximum atomic E-state index is 4.40. The van der Waals surface area contributed by atoms with Crippen LogP contribution in [0.5, 0.6) is 0 Å². The average molecular weight is 233 g/mol. The summed E-state index contributed by atoms with van der Waals surface area (Å²) in [5, 5.41) is 3.53. The predicted molar refractivity (Wildman–Crippen MR) is 61.3 cm³/mol. The van der Waals surface area contributed by atoms with Gasteiger partial charge in [0, 0.05) is 17.9 Å². The Hall–Kier alpha value is -0.310. The lowest BCUT2D eigenvalue weighted by atomic mass is 10.0. The quantitative estimate of drug-likeness (QED) is 0.742. The van der Waals surface area contributed by atoms with Crippen molar-refractivity contribution in [3.8, 4) is 0 Å². The Morgan fingerprint density at radius 2 is 2.21 bits per heavy atom. The fourth-order valence-corrected chi connectivity index (χ4v) is 2.49. The minimum atomic E-state index is 0. The summed E-state index contributed by atoms with van der Waals surface area (Å²) in [5.74, 6) is 0.829. The van der Waals surface area contributed by atoms with Gasteiger partial charge in [-0.2, -0.15) is 0 Å². The Bertz CT molecular complexity index is 317. The van der Waals surface area contributed by atoms with E-state index in [0.29, 0.717) is 6.04 Å². The molecule has 3 rings (SSSR count). The third-order valence-electron chi connectivity index (χ3n) is 3.07. The molecule has 1 aliphatic heterocycles. The lowest BCUT2D eigenvalue weighted by molar-refractivity contribution is 0.503. The molecule has 14 heavy (non-hydrogen) atoms. The zero-order chi connectivity index (χ0) is 7.97. The van der Waals surface area contributed by atoms with Crippen molar-refractivity contribution in [1.29, 1.82) is 0 Å². The van der Waals surface area contributed by atoms with Gasteiger partial charge in [-0.15, -0.1) is 24.8 Å². The van der Waals surface area contributed by atoms with Crippen LogP contribution in [0, 0.1) is 5.92 Å². The van der Waals surface area contributed by atoms with Crippen LogP contribution < -0.4 is 5.32 Å². The van der Waals surface area contributed by atoms with Crippen molar-refractivity contribution in [3.63, 3.8) is 0 Å². The maximum absolute atomic E-state index is 4.40. The van der Waals surface area contributed by atoms with Crippen molar-refractivity contribution >= 4 is 24.8 Å². The summed E-state index contributed by atoms with van der Waals surface area (Å²) in [6.07, 6.45) is 4.41. The number of nitrogens with zero attached hydrogens (tertiary/aromatic N) is 1. The second kappa shape index (κ2) is 4.47. The molecule has 78 valence electrons. The number of hydrogen-bond acceptors (Lipinski definition) is 2. The van der Waals surface area contributed by atoms with E-state index >= 15 is 0 Å². The fourth-order valence-electron chi connectivity index (χ4n) is 2.49. The van der Waals surface area contributed by atoms with E-state index < -0.39 is 0 Å². The topological polar surface area (TPSA) is 24.9 Å². The molecule has 0 amide bonds. The van der Waals surface area contributed by atoms with Crippen LogP contribution in [0.15, 0.2) is 18.3 Å². The number of rotatable bonds is 0. The summed E-state index contributed by atoms with van der Waals surface area (Å²) in [7, 11) is 0. The van der Waals surface area contributed by atoms with E-state index in [1.54, 1.807) is 0 Å². The normalized spacial score (nSPS) is 27.1. The molecule has 0 saturated carbocycles. The fraction of sp³-hybridized carbons (Fsp3) is 0.500. The van der Waals surface area contributed by atoms with Gasteiger partial charge in [-0.1, -0.05) is 6.07 Å². The number of fused-ring (bicyclic) bond motifs is 3. The second-order valence-corrected chi connectivity index (χ2v) is 3.72. The van der Waals surface area contributed by atoms with E-state index in [-0.39, 0.29) is 24.8 Å². The molecule has 0 bridgehead atoms. The molecule has 2 atom stereocenters. The van der Waals surface area contributed by atoms with Crippen LogP contribution in [0.2, 0.25) is 0 Å². The zero-order valence-corrected chi connectivity index (χ0v) is 9.40. The second-order valence-electron chi connectivity index (χ2n) is 3.72. The number of pyridine rings is 1. The van der Waals surface area contributed by atoms with Crippen molar-refractivity contribution in [3.05, 3.63) is 29.6 Å². The van der Waals surface area contributed by atoms with Crippen LogP contribution >= 0.6 is 24.8 Å². The van der Waals surface area contributed by atoms with Gasteiger partial charge in [0.25, 0.3) is 0 Å². The summed E-state index contributed by atoms with van der Waals surface area (Å²) < 4.78 is 0. The van der Waals surface area contributed by atoms with Gasteiger partial charge in [-0.25, -0.2) is 0 Å². The van der Waals surface area contributed by atoms with Crippen molar-refractivity contribution in [2.24, 2.45) is 5.92 Å². The molecule has 2 heterocycles. The molecular formula is C10H14Cl2N2. The highest BCUT2D eigenvalue weighted by Gasteiger charge is 2.35. The molecule has 4 heteroatoms. The Morgan fingerprint density at radius 3 is 3.07 bits per heavy atom. The number of nitrogens with one attached hydrogen (secondary N) is 1. The highest BCUT2D eigenvalue weighted by Crippen LogP contribution is 2.39. The first-order chi connectivity index (χ1) is 5.95. The van der Waals surface area contributed by atoms with Crippen molar-refractivity contribution < 1.29 is 0 Å². The molecule has 1 fully saturated rings. The summed E-state index contributed by atoms with van der Waals surface area (Å²) in [6, 6.07) is 4.88. The van der Waals surface area contributed by atoms with Crippen LogP contribution in [-0.2, 0) is 6.42 Å². The maximum Gasteiger partial charge on any atom is 0.0454 e. The summed E-state index contributed by atoms with van der Waals surface area (Å²) in [5.41, 5.74) is 2.76. The van der Waals surface area contributed by atoms with Crippen molar-refractivity contribution in [1.82, 2.24) is 10.3 Å². The summed E-state index contributed by atoms with van der Waals surface area (Å²) in [6.45, 7) is 1.18. The largest absolute Gasteiger partial charge is 0.310 e. The van der Waals surface area contributed by atoms with Gasteiger partial charge in [0.2, 0.25) is 0 Å². The minimum Gasteiger partial charge on any atom is -0.310 e. The number of hydrogen-bond donors (Lipinski definition) is 1. The molecular weight excluding hydrogens is 219 g/mol.